The number of hydrogen-bond acceptors (Lipinski definition) is 4. The summed E-state index contributed by atoms with van der Waals surface area (Å²) in [5.74, 6) is -0.143. The number of benzene rings is 2. The maximum atomic E-state index is 13.9. The number of amides is 1. The molecular formula is C18H16ClFN2O3. The summed E-state index contributed by atoms with van der Waals surface area (Å²) in [4.78, 5) is 17.5. The molecule has 7 heteroatoms. The van der Waals surface area contributed by atoms with E-state index in [9.17, 15) is 9.18 Å². The van der Waals surface area contributed by atoms with Crippen molar-refractivity contribution in [2.24, 2.45) is 5.16 Å². The molecule has 3 rings (SSSR count). The van der Waals surface area contributed by atoms with Crippen LogP contribution in [0.2, 0.25) is 5.02 Å². The number of hydrogen-bond donors (Lipinski definition) is 1. The van der Waals surface area contributed by atoms with Crippen molar-refractivity contribution in [1.82, 2.24) is 0 Å². The SMILES string of the molecule is CCOc1ccc(NC(=O)C2CC(c3c(F)cccc3Cl)=NO2)cc1. The van der Waals surface area contributed by atoms with Gasteiger partial charge in [0.15, 0.2) is 0 Å². The average molecular weight is 363 g/mol. The van der Waals surface area contributed by atoms with Gasteiger partial charge < -0.3 is 14.9 Å². The molecule has 0 aliphatic carbocycles. The van der Waals surface area contributed by atoms with Crippen LogP contribution in [0.1, 0.15) is 18.9 Å². The molecule has 0 spiro atoms. The zero-order chi connectivity index (χ0) is 17.8. The molecule has 25 heavy (non-hydrogen) atoms. The van der Waals surface area contributed by atoms with Crippen molar-refractivity contribution in [2.75, 3.05) is 11.9 Å². The fourth-order valence-electron chi connectivity index (χ4n) is 2.46. The van der Waals surface area contributed by atoms with Crippen LogP contribution in [0, 0.1) is 5.82 Å². The first kappa shape index (κ1) is 17.2. The van der Waals surface area contributed by atoms with Crippen molar-refractivity contribution >= 4 is 28.9 Å². The van der Waals surface area contributed by atoms with Crippen molar-refractivity contribution in [3.05, 3.63) is 58.9 Å². The van der Waals surface area contributed by atoms with Gasteiger partial charge in [-0.2, -0.15) is 0 Å². The van der Waals surface area contributed by atoms with E-state index in [-0.39, 0.29) is 22.9 Å². The lowest BCUT2D eigenvalue weighted by molar-refractivity contribution is -0.125. The molecule has 1 atom stereocenters. The Labute approximate surface area is 149 Å². The Kier molecular flexibility index (Phi) is 5.19. The number of anilines is 1. The zero-order valence-corrected chi connectivity index (χ0v) is 14.2. The number of nitrogens with zero attached hydrogens (tertiary/aromatic N) is 1. The Morgan fingerprint density at radius 2 is 2.12 bits per heavy atom. The minimum Gasteiger partial charge on any atom is -0.494 e. The third-order valence-corrected chi connectivity index (χ3v) is 3.96. The third kappa shape index (κ3) is 3.91. The molecular weight excluding hydrogens is 347 g/mol. The molecule has 5 nitrogen and oxygen atoms in total. The first-order valence-electron chi connectivity index (χ1n) is 7.79. The number of carbonyl (C=O) groups is 1. The topological polar surface area (TPSA) is 59.9 Å². The highest BCUT2D eigenvalue weighted by Gasteiger charge is 2.31. The predicted octanol–water partition coefficient (Wildman–Crippen LogP) is 4.01. The molecule has 0 fully saturated rings. The van der Waals surface area contributed by atoms with E-state index in [0.717, 1.165) is 5.75 Å². The van der Waals surface area contributed by atoms with Gasteiger partial charge in [0.05, 0.1) is 22.9 Å². The lowest BCUT2D eigenvalue weighted by Crippen LogP contribution is -2.28. The van der Waals surface area contributed by atoms with Crippen LogP contribution in [-0.2, 0) is 9.63 Å². The van der Waals surface area contributed by atoms with Gasteiger partial charge in [-0.3, -0.25) is 4.79 Å². The summed E-state index contributed by atoms with van der Waals surface area (Å²) in [6.07, 6.45) is -0.694. The van der Waals surface area contributed by atoms with Gasteiger partial charge in [0.2, 0.25) is 6.10 Å². The normalized spacial score (nSPS) is 16.1. The number of rotatable bonds is 5. The summed E-state index contributed by atoms with van der Waals surface area (Å²) in [5.41, 5.74) is 1.09. The van der Waals surface area contributed by atoms with Crippen molar-refractivity contribution in [2.45, 2.75) is 19.4 Å². The van der Waals surface area contributed by atoms with E-state index in [1.54, 1.807) is 30.3 Å². The van der Waals surface area contributed by atoms with Crippen molar-refractivity contribution < 1.29 is 18.8 Å². The van der Waals surface area contributed by atoms with Gasteiger partial charge in [-0.1, -0.05) is 22.8 Å². The van der Waals surface area contributed by atoms with E-state index in [1.807, 2.05) is 6.92 Å². The van der Waals surface area contributed by atoms with Crippen LogP contribution >= 0.6 is 11.6 Å². The highest BCUT2D eigenvalue weighted by Crippen LogP contribution is 2.26. The van der Waals surface area contributed by atoms with Gasteiger partial charge >= 0.3 is 0 Å². The molecule has 0 aromatic heterocycles. The summed E-state index contributed by atoms with van der Waals surface area (Å²) in [6.45, 7) is 2.47. The fraction of sp³-hybridized carbons (Fsp3) is 0.222. The molecule has 1 aliphatic rings. The van der Waals surface area contributed by atoms with Gasteiger partial charge in [0.1, 0.15) is 11.6 Å². The summed E-state index contributed by atoms with van der Waals surface area (Å²) in [5, 5.41) is 6.79. The van der Waals surface area contributed by atoms with E-state index < -0.39 is 11.9 Å². The Hall–Kier alpha value is -2.60. The highest BCUT2D eigenvalue weighted by atomic mass is 35.5. The number of halogens is 2. The van der Waals surface area contributed by atoms with E-state index in [1.165, 1.54) is 12.1 Å². The number of carbonyl (C=O) groups excluding carboxylic acids is 1. The third-order valence-electron chi connectivity index (χ3n) is 3.65. The molecule has 0 bridgehead atoms. The molecule has 2 aromatic rings. The van der Waals surface area contributed by atoms with Gasteiger partial charge in [-0.05, 0) is 43.3 Å². The van der Waals surface area contributed by atoms with E-state index in [0.29, 0.717) is 18.0 Å². The highest BCUT2D eigenvalue weighted by molar-refractivity contribution is 6.34. The van der Waals surface area contributed by atoms with Crippen LogP contribution in [0.5, 0.6) is 5.75 Å². The van der Waals surface area contributed by atoms with Crippen molar-refractivity contribution in [3.63, 3.8) is 0 Å². The lowest BCUT2D eigenvalue weighted by Gasteiger charge is -2.10. The monoisotopic (exact) mass is 362 g/mol. The molecule has 0 saturated carbocycles. The summed E-state index contributed by atoms with van der Waals surface area (Å²) in [6, 6.07) is 11.3. The van der Waals surface area contributed by atoms with Crippen molar-refractivity contribution in [1.29, 1.82) is 0 Å². The molecule has 0 radical (unpaired) electrons. The zero-order valence-electron chi connectivity index (χ0n) is 13.5. The largest absolute Gasteiger partial charge is 0.494 e. The molecule has 130 valence electrons. The maximum absolute atomic E-state index is 13.9. The Morgan fingerprint density at radius 1 is 1.36 bits per heavy atom. The number of ether oxygens (including phenoxy) is 1. The number of nitrogens with one attached hydrogen (secondary N) is 1. The summed E-state index contributed by atoms with van der Waals surface area (Å²) >= 11 is 6.02. The Balaban J connectivity index is 1.64. The summed E-state index contributed by atoms with van der Waals surface area (Å²) < 4.78 is 19.3. The second-order valence-electron chi connectivity index (χ2n) is 5.38. The van der Waals surface area contributed by atoms with Gasteiger partial charge in [-0.15, -0.1) is 0 Å². The fourth-order valence-corrected chi connectivity index (χ4v) is 2.74. The average Bonchev–Trinajstić information content (AvgIpc) is 3.06. The second-order valence-corrected chi connectivity index (χ2v) is 5.79. The van der Waals surface area contributed by atoms with Crippen molar-refractivity contribution in [3.8, 4) is 5.75 Å². The Morgan fingerprint density at radius 3 is 2.80 bits per heavy atom. The molecule has 1 heterocycles. The van der Waals surface area contributed by atoms with Crippen LogP contribution in [0.4, 0.5) is 10.1 Å². The molecule has 1 aliphatic heterocycles. The van der Waals surface area contributed by atoms with E-state index in [4.69, 9.17) is 21.2 Å². The van der Waals surface area contributed by atoms with Gasteiger partial charge in [-0.25, -0.2) is 4.39 Å². The van der Waals surface area contributed by atoms with Crippen LogP contribution in [0.3, 0.4) is 0 Å². The molecule has 1 amide bonds. The smallest absolute Gasteiger partial charge is 0.268 e. The standard InChI is InChI=1S/C18H16ClFN2O3/c1-2-24-12-8-6-11(7-9-12)21-18(23)16-10-15(22-25-16)17-13(19)4-3-5-14(17)20/h3-9,16H,2,10H2,1H3,(H,21,23). The van der Waals surface area contributed by atoms with Crippen LogP contribution in [0.15, 0.2) is 47.6 Å². The van der Waals surface area contributed by atoms with E-state index in [2.05, 4.69) is 10.5 Å². The van der Waals surface area contributed by atoms with Crippen LogP contribution in [-0.4, -0.2) is 24.3 Å². The number of oxime groups is 1. The second kappa shape index (κ2) is 7.53. The van der Waals surface area contributed by atoms with Gasteiger partial charge in [0, 0.05) is 12.1 Å². The molecule has 1 N–H and O–H groups in total. The van der Waals surface area contributed by atoms with Crippen LogP contribution < -0.4 is 10.1 Å². The van der Waals surface area contributed by atoms with Gasteiger partial charge in [0.25, 0.3) is 5.91 Å². The lowest BCUT2D eigenvalue weighted by atomic mass is 10.0. The predicted molar refractivity (Wildman–Crippen MR) is 93.7 cm³/mol. The first-order valence-corrected chi connectivity index (χ1v) is 8.17. The molecule has 1 unspecified atom stereocenters. The quantitative estimate of drug-likeness (QED) is 0.874. The van der Waals surface area contributed by atoms with E-state index >= 15 is 0 Å². The molecule has 2 aromatic carbocycles. The van der Waals surface area contributed by atoms with Crippen LogP contribution in [0.25, 0.3) is 0 Å². The maximum Gasteiger partial charge on any atom is 0.268 e. The molecule has 0 saturated heterocycles. The first-order chi connectivity index (χ1) is 12.1. The minimum absolute atomic E-state index is 0.142. The minimum atomic E-state index is -0.836. The summed E-state index contributed by atoms with van der Waals surface area (Å²) in [7, 11) is 0. The Bertz CT molecular complexity index is 788.